The van der Waals surface area contributed by atoms with E-state index in [1.165, 1.54) is 0 Å². The Morgan fingerprint density at radius 2 is 1.71 bits per heavy atom. The van der Waals surface area contributed by atoms with Crippen LogP contribution >= 0.6 is 34.8 Å². The number of rotatable bonds is 5. The van der Waals surface area contributed by atoms with Gasteiger partial charge in [-0.1, -0.05) is 40.9 Å². The summed E-state index contributed by atoms with van der Waals surface area (Å²) in [6, 6.07) is 8.85. The first kappa shape index (κ1) is 16.2. The lowest BCUT2D eigenvalue weighted by atomic mass is 10.1. The average Bonchev–Trinajstić information content (AvgIpc) is 2.45. The second kappa shape index (κ2) is 7.23. The van der Waals surface area contributed by atoms with Crippen LogP contribution in [0.3, 0.4) is 0 Å². The smallest absolute Gasteiger partial charge is 0.157 e. The van der Waals surface area contributed by atoms with Crippen molar-refractivity contribution in [3.05, 3.63) is 56.5 Å². The van der Waals surface area contributed by atoms with Crippen LogP contribution in [0.5, 0.6) is 11.5 Å². The lowest BCUT2D eigenvalue weighted by Gasteiger charge is -2.13. The molecule has 0 aliphatic carbocycles. The van der Waals surface area contributed by atoms with E-state index in [0.29, 0.717) is 33.1 Å². The molecule has 112 valence electrons. The molecule has 0 saturated heterocycles. The van der Waals surface area contributed by atoms with Crippen molar-refractivity contribution in [3.8, 4) is 11.5 Å². The summed E-state index contributed by atoms with van der Waals surface area (Å²) < 4.78 is 11.0. The molecule has 0 aliphatic heterocycles. The summed E-state index contributed by atoms with van der Waals surface area (Å²) in [5.74, 6) is 1.11. The standard InChI is InChI=1S/C15H14Cl3NO2/c1-20-14-3-2-9(7-19)4-10(14)8-21-15-12(17)5-11(16)6-13(15)18/h2-6H,7-8,19H2,1H3. The van der Waals surface area contributed by atoms with E-state index in [-0.39, 0.29) is 6.61 Å². The van der Waals surface area contributed by atoms with Gasteiger partial charge in [-0.25, -0.2) is 0 Å². The van der Waals surface area contributed by atoms with E-state index in [1.807, 2.05) is 18.2 Å². The van der Waals surface area contributed by atoms with Crippen LogP contribution in [-0.4, -0.2) is 7.11 Å². The first-order valence-corrected chi connectivity index (χ1v) is 7.31. The molecule has 3 nitrogen and oxygen atoms in total. The summed E-state index contributed by atoms with van der Waals surface area (Å²) in [5.41, 5.74) is 7.50. The van der Waals surface area contributed by atoms with E-state index in [2.05, 4.69) is 0 Å². The lowest BCUT2D eigenvalue weighted by Crippen LogP contribution is -2.03. The second-order valence-corrected chi connectivity index (χ2v) is 5.59. The number of ether oxygens (including phenoxy) is 2. The average molecular weight is 347 g/mol. The van der Waals surface area contributed by atoms with Crippen molar-refractivity contribution in [2.24, 2.45) is 5.73 Å². The number of hydrogen-bond donors (Lipinski definition) is 1. The Balaban J connectivity index is 2.24. The first-order valence-electron chi connectivity index (χ1n) is 6.18. The van der Waals surface area contributed by atoms with E-state index >= 15 is 0 Å². The molecule has 0 spiro atoms. The molecule has 0 radical (unpaired) electrons. The maximum absolute atomic E-state index is 6.09. The van der Waals surface area contributed by atoms with Crippen LogP contribution in [0.2, 0.25) is 15.1 Å². The molecule has 6 heteroatoms. The number of benzene rings is 2. The minimum Gasteiger partial charge on any atom is -0.496 e. The van der Waals surface area contributed by atoms with Crippen molar-refractivity contribution in [2.45, 2.75) is 13.2 Å². The van der Waals surface area contributed by atoms with Crippen molar-refractivity contribution in [1.29, 1.82) is 0 Å². The molecule has 2 aromatic rings. The highest BCUT2D eigenvalue weighted by molar-refractivity contribution is 6.40. The molecule has 0 atom stereocenters. The molecule has 2 rings (SSSR count). The molecular weight excluding hydrogens is 333 g/mol. The van der Waals surface area contributed by atoms with Gasteiger partial charge in [-0.05, 0) is 29.8 Å². The summed E-state index contributed by atoms with van der Waals surface area (Å²) in [4.78, 5) is 0. The van der Waals surface area contributed by atoms with Crippen molar-refractivity contribution in [3.63, 3.8) is 0 Å². The van der Waals surface area contributed by atoms with Crippen LogP contribution in [0.15, 0.2) is 30.3 Å². The van der Waals surface area contributed by atoms with Gasteiger partial charge in [0.2, 0.25) is 0 Å². The van der Waals surface area contributed by atoms with E-state index in [0.717, 1.165) is 11.1 Å². The highest BCUT2D eigenvalue weighted by Crippen LogP contribution is 2.36. The van der Waals surface area contributed by atoms with Gasteiger partial charge in [0.25, 0.3) is 0 Å². The van der Waals surface area contributed by atoms with Crippen molar-refractivity contribution >= 4 is 34.8 Å². The van der Waals surface area contributed by atoms with Gasteiger partial charge in [0.1, 0.15) is 12.4 Å². The van der Waals surface area contributed by atoms with Crippen molar-refractivity contribution in [1.82, 2.24) is 0 Å². The summed E-state index contributed by atoms with van der Waals surface area (Å²) in [6.07, 6.45) is 0. The number of nitrogens with two attached hydrogens (primary N) is 1. The Morgan fingerprint density at radius 3 is 2.29 bits per heavy atom. The minimum atomic E-state index is 0.262. The Bertz CT molecular complexity index is 624. The largest absolute Gasteiger partial charge is 0.496 e. The third-order valence-electron chi connectivity index (χ3n) is 2.92. The van der Waals surface area contributed by atoms with Crippen LogP contribution in [-0.2, 0) is 13.2 Å². The van der Waals surface area contributed by atoms with Gasteiger partial charge in [-0.2, -0.15) is 0 Å². The third kappa shape index (κ3) is 3.95. The van der Waals surface area contributed by atoms with E-state index in [4.69, 9.17) is 50.0 Å². The van der Waals surface area contributed by atoms with Gasteiger partial charge in [0, 0.05) is 17.1 Å². The summed E-state index contributed by atoms with van der Waals surface area (Å²) in [7, 11) is 1.60. The summed E-state index contributed by atoms with van der Waals surface area (Å²) in [5, 5.41) is 1.18. The molecule has 0 aromatic heterocycles. The number of hydrogen-bond acceptors (Lipinski definition) is 3. The topological polar surface area (TPSA) is 44.5 Å². The van der Waals surface area contributed by atoms with Crippen molar-refractivity contribution < 1.29 is 9.47 Å². The molecule has 21 heavy (non-hydrogen) atoms. The molecule has 0 saturated carbocycles. The zero-order valence-electron chi connectivity index (χ0n) is 11.3. The van der Waals surface area contributed by atoms with Crippen LogP contribution in [0.25, 0.3) is 0 Å². The zero-order chi connectivity index (χ0) is 15.4. The highest BCUT2D eigenvalue weighted by Gasteiger charge is 2.11. The minimum absolute atomic E-state index is 0.262. The summed E-state index contributed by atoms with van der Waals surface area (Å²) in [6.45, 7) is 0.706. The van der Waals surface area contributed by atoms with Crippen LogP contribution in [0, 0.1) is 0 Å². The third-order valence-corrected chi connectivity index (χ3v) is 3.70. The molecule has 2 aromatic carbocycles. The Kier molecular flexibility index (Phi) is 5.59. The van der Waals surface area contributed by atoms with E-state index < -0.39 is 0 Å². The fourth-order valence-electron chi connectivity index (χ4n) is 1.89. The van der Waals surface area contributed by atoms with Crippen LogP contribution in [0.4, 0.5) is 0 Å². The summed E-state index contributed by atoms with van der Waals surface area (Å²) >= 11 is 18.0. The molecule has 0 fully saturated rings. The lowest BCUT2D eigenvalue weighted by molar-refractivity contribution is 0.297. The first-order chi connectivity index (χ1) is 10.0. The van der Waals surface area contributed by atoms with Gasteiger partial charge < -0.3 is 15.2 Å². The van der Waals surface area contributed by atoms with E-state index in [1.54, 1.807) is 19.2 Å². The van der Waals surface area contributed by atoms with Gasteiger partial charge in [0.15, 0.2) is 5.75 Å². The highest BCUT2D eigenvalue weighted by atomic mass is 35.5. The Labute approximate surface area is 138 Å². The predicted octanol–water partition coefficient (Wildman–Crippen LogP) is 4.69. The van der Waals surface area contributed by atoms with E-state index in [9.17, 15) is 0 Å². The van der Waals surface area contributed by atoms with Crippen LogP contribution in [0.1, 0.15) is 11.1 Å². The Hall–Kier alpha value is -1.13. The normalized spacial score (nSPS) is 10.5. The van der Waals surface area contributed by atoms with Gasteiger partial charge in [-0.3, -0.25) is 0 Å². The molecule has 0 unspecified atom stereocenters. The molecule has 0 bridgehead atoms. The molecular formula is C15H14Cl3NO2. The monoisotopic (exact) mass is 345 g/mol. The molecule has 0 aliphatic rings. The molecule has 0 amide bonds. The Morgan fingerprint density at radius 1 is 1.05 bits per heavy atom. The zero-order valence-corrected chi connectivity index (χ0v) is 13.6. The van der Waals surface area contributed by atoms with Gasteiger partial charge in [0.05, 0.1) is 17.2 Å². The SMILES string of the molecule is COc1ccc(CN)cc1COc1c(Cl)cc(Cl)cc1Cl. The number of halogens is 3. The fourth-order valence-corrected chi connectivity index (χ4v) is 2.81. The molecule has 0 heterocycles. The maximum atomic E-state index is 6.09. The fraction of sp³-hybridized carbons (Fsp3) is 0.200. The predicted molar refractivity (Wildman–Crippen MR) is 86.7 cm³/mol. The molecule has 2 N–H and O–H groups in total. The van der Waals surface area contributed by atoms with Gasteiger partial charge in [-0.15, -0.1) is 0 Å². The van der Waals surface area contributed by atoms with Gasteiger partial charge >= 0.3 is 0 Å². The maximum Gasteiger partial charge on any atom is 0.157 e. The van der Waals surface area contributed by atoms with Crippen molar-refractivity contribution in [2.75, 3.05) is 7.11 Å². The number of methoxy groups -OCH3 is 1. The quantitative estimate of drug-likeness (QED) is 0.854. The second-order valence-electron chi connectivity index (χ2n) is 4.34. The van der Waals surface area contributed by atoms with Crippen LogP contribution < -0.4 is 15.2 Å².